The number of nitrogens with one attached hydrogen (secondary N) is 4. The number of hydrogen-bond acceptors (Lipinski definition) is 5. The summed E-state index contributed by atoms with van der Waals surface area (Å²) in [6, 6.07) is 7.69. The Balaban J connectivity index is 1.25. The molecule has 3 aliphatic rings. The minimum atomic E-state index is -0.934. The normalized spacial score (nSPS) is 24.5. The monoisotopic (exact) mass is 539 g/mol. The molecular formula is C28H31F2N5O4. The lowest BCUT2D eigenvalue weighted by Crippen LogP contribution is -2.48. The van der Waals surface area contributed by atoms with Gasteiger partial charge in [-0.05, 0) is 73.2 Å². The third-order valence-electron chi connectivity index (χ3n) is 8.34. The van der Waals surface area contributed by atoms with Gasteiger partial charge in [0.25, 0.3) is 5.91 Å². The average molecular weight is 540 g/mol. The van der Waals surface area contributed by atoms with Crippen LogP contribution in [0.1, 0.15) is 54.8 Å². The van der Waals surface area contributed by atoms with Crippen LogP contribution >= 0.6 is 0 Å². The van der Waals surface area contributed by atoms with Crippen LogP contribution in [0.2, 0.25) is 0 Å². The van der Waals surface area contributed by atoms with E-state index in [1.54, 1.807) is 13.1 Å². The predicted octanol–water partition coefficient (Wildman–Crippen LogP) is 2.70. The zero-order valence-electron chi connectivity index (χ0n) is 21.6. The molecule has 2 aromatic rings. The Labute approximate surface area is 224 Å². The molecular weight excluding hydrogens is 508 g/mol. The maximum absolute atomic E-state index is 13.8. The molecule has 9 nitrogen and oxygen atoms in total. The first-order valence-corrected chi connectivity index (χ1v) is 13.0. The molecule has 2 aromatic carbocycles. The summed E-state index contributed by atoms with van der Waals surface area (Å²) in [5.74, 6) is -1.94. The van der Waals surface area contributed by atoms with Gasteiger partial charge in [0.2, 0.25) is 12.3 Å². The van der Waals surface area contributed by atoms with Gasteiger partial charge in [-0.15, -0.1) is 0 Å². The van der Waals surface area contributed by atoms with Gasteiger partial charge >= 0.3 is 6.03 Å². The SMILES string of the molecule is CN1C(=O)NC(=O)C12Cc1ccc(NC(=O)CC3(CCC(NC=O)c4cc(F)cc(F)c4)CCCN3)cc1C2. The highest BCUT2D eigenvalue weighted by atomic mass is 19.1. The highest BCUT2D eigenvalue weighted by Gasteiger charge is 2.54. The first kappa shape index (κ1) is 26.7. The summed E-state index contributed by atoms with van der Waals surface area (Å²) in [5, 5.41) is 11.4. The molecule has 5 rings (SSSR count). The van der Waals surface area contributed by atoms with E-state index < -0.39 is 34.8 Å². The lowest BCUT2D eigenvalue weighted by molar-refractivity contribution is -0.125. The Morgan fingerprint density at radius 1 is 1.13 bits per heavy atom. The number of amides is 5. The molecule has 3 atom stereocenters. The first-order chi connectivity index (χ1) is 18.6. The van der Waals surface area contributed by atoms with Gasteiger partial charge in [0.15, 0.2) is 0 Å². The number of carbonyl (C=O) groups is 4. The number of halogens is 2. The number of imide groups is 1. The fraction of sp³-hybridized carbons (Fsp3) is 0.429. The van der Waals surface area contributed by atoms with E-state index in [0.29, 0.717) is 43.3 Å². The molecule has 39 heavy (non-hydrogen) atoms. The smallest absolute Gasteiger partial charge is 0.324 e. The van der Waals surface area contributed by atoms with E-state index >= 15 is 0 Å². The van der Waals surface area contributed by atoms with Gasteiger partial charge in [-0.25, -0.2) is 13.6 Å². The van der Waals surface area contributed by atoms with Gasteiger partial charge < -0.3 is 20.9 Å². The van der Waals surface area contributed by atoms with E-state index in [2.05, 4.69) is 21.3 Å². The van der Waals surface area contributed by atoms with Gasteiger partial charge in [-0.1, -0.05) is 6.07 Å². The topological polar surface area (TPSA) is 120 Å². The maximum Gasteiger partial charge on any atom is 0.324 e. The maximum atomic E-state index is 13.8. The zero-order valence-corrected chi connectivity index (χ0v) is 21.6. The highest BCUT2D eigenvalue weighted by Crippen LogP contribution is 2.38. The van der Waals surface area contributed by atoms with Gasteiger partial charge in [-0.2, -0.15) is 0 Å². The molecule has 1 aliphatic carbocycles. The third kappa shape index (κ3) is 5.23. The zero-order chi connectivity index (χ0) is 27.8. The number of carbonyl (C=O) groups excluding carboxylic acids is 4. The van der Waals surface area contributed by atoms with Crippen molar-refractivity contribution in [3.05, 3.63) is 64.7 Å². The molecule has 0 aromatic heterocycles. The van der Waals surface area contributed by atoms with Crippen LogP contribution in [0, 0.1) is 11.6 Å². The van der Waals surface area contributed by atoms with E-state index in [1.165, 1.54) is 17.0 Å². The Morgan fingerprint density at radius 2 is 1.87 bits per heavy atom. The lowest BCUT2D eigenvalue weighted by atomic mass is 9.85. The van der Waals surface area contributed by atoms with E-state index in [9.17, 15) is 28.0 Å². The number of urea groups is 1. The molecule has 3 unspecified atom stereocenters. The number of benzene rings is 2. The second-order valence-electron chi connectivity index (χ2n) is 10.8. The number of hydrogen-bond donors (Lipinski definition) is 4. The largest absolute Gasteiger partial charge is 0.352 e. The molecule has 2 fully saturated rings. The van der Waals surface area contributed by atoms with Crippen molar-refractivity contribution in [1.29, 1.82) is 0 Å². The summed E-state index contributed by atoms with van der Waals surface area (Å²) in [6.07, 6.45) is 4.00. The molecule has 4 N–H and O–H groups in total. The van der Waals surface area contributed by atoms with Gasteiger partial charge in [-0.3, -0.25) is 19.7 Å². The molecule has 2 saturated heterocycles. The van der Waals surface area contributed by atoms with Crippen LogP contribution in [0.25, 0.3) is 0 Å². The second kappa shape index (κ2) is 10.4. The third-order valence-corrected chi connectivity index (χ3v) is 8.34. The van der Waals surface area contributed by atoms with Crippen molar-refractivity contribution in [2.75, 3.05) is 18.9 Å². The van der Waals surface area contributed by atoms with Crippen LogP contribution in [-0.2, 0) is 27.2 Å². The van der Waals surface area contributed by atoms with Crippen molar-refractivity contribution in [2.45, 2.75) is 62.1 Å². The number of rotatable bonds is 9. The molecule has 2 heterocycles. The molecule has 1 spiro atoms. The summed E-state index contributed by atoms with van der Waals surface area (Å²) in [7, 11) is 1.61. The summed E-state index contributed by atoms with van der Waals surface area (Å²) in [6.45, 7) is 0.739. The Morgan fingerprint density at radius 3 is 2.51 bits per heavy atom. The van der Waals surface area contributed by atoms with Gasteiger partial charge in [0.1, 0.15) is 17.2 Å². The fourth-order valence-electron chi connectivity index (χ4n) is 6.23. The Kier molecular flexibility index (Phi) is 7.11. The summed E-state index contributed by atoms with van der Waals surface area (Å²) >= 11 is 0. The van der Waals surface area contributed by atoms with Crippen molar-refractivity contribution >= 4 is 29.9 Å². The van der Waals surface area contributed by atoms with E-state index in [-0.39, 0.29) is 18.2 Å². The van der Waals surface area contributed by atoms with Crippen molar-refractivity contribution < 1.29 is 28.0 Å². The van der Waals surface area contributed by atoms with Crippen molar-refractivity contribution in [2.24, 2.45) is 0 Å². The Hall–Kier alpha value is -3.86. The number of nitrogens with zero attached hydrogens (tertiary/aromatic N) is 1. The van der Waals surface area contributed by atoms with Crippen LogP contribution in [0.4, 0.5) is 19.3 Å². The minimum absolute atomic E-state index is 0.180. The fourth-order valence-corrected chi connectivity index (χ4v) is 6.23. The van der Waals surface area contributed by atoms with E-state index in [0.717, 1.165) is 36.6 Å². The van der Waals surface area contributed by atoms with Crippen LogP contribution in [0.15, 0.2) is 36.4 Å². The minimum Gasteiger partial charge on any atom is -0.352 e. The molecule has 2 aliphatic heterocycles. The number of anilines is 1. The van der Waals surface area contributed by atoms with Crippen molar-refractivity contribution in [1.82, 2.24) is 20.9 Å². The first-order valence-electron chi connectivity index (χ1n) is 13.0. The molecule has 0 bridgehead atoms. The highest BCUT2D eigenvalue weighted by molar-refractivity contribution is 6.07. The predicted molar refractivity (Wildman–Crippen MR) is 139 cm³/mol. The van der Waals surface area contributed by atoms with Crippen LogP contribution in [0.3, 0.4) is 0 Å². The van der Waals surface area contributed by atoms with Crippen LogP contribution < -0.4 is 21.3 Å². The standard InChI is InChI=1S/C28H31F2N5O4/c1-35-26(39)34-25(38)28(35)13-17-3-4-22(11-19(17)14-28)33-24(37)15-27(6-2-8-32-27)7-5-23(31-16-36)18-9-20(29)12-21(30)10-18/h3-4,9-12,16,23,32H,2,5-8,13-15H2,1H3,(H,31,36)(H,33,37)(H,34,38,39). The average Bonchev–Trinajstić information content (AvgIpc) is 3.55. The number of fused-ring (bicyclic) bond motifs is 1. The number of likely N-dealkylation sites (N-methyl/N-ethyl adjacent to an activating group) is 1. The van der Waals surface area contributed by atoms with E-state index in [1.807, 2.05) is 12.1 Å². The second-order valence-corrected chi connectivity index (χ2v) is 10.8. The van der Waals surface area contributed by atoms with E-state index in [4.69, 9.17) is 0 Å². The molecule has 0 saturated carbocycles. The summed E-state index contributed by atoms with van der Waals surface area (Å²) < 4.78 is 27.6. The van der Waals surface area contributed by atoms with Crippen molar-refractivity contribution in [3.63, 3.8) is 0 Å². The van der Waals surface area contributed by atoms with Crippen LogP contribution in [0.5, 0.6) is 0 Å². The lowest BCUT2D eigenvalue weighted by Gasteiger charge is -2.31. The van der Waals surface area contributed by atoms with Crippen LogP contribution in [-0.4, -0.2) is 53.8 Å². The molecule has 5 amide bonds. The Bertz CT molecular complexity index is 1310. The van der Waals surface area contributed by atoms with Gasteiger partial charge in [0, 0.05) is 43.6 Å². The summed E-state index contributed by atoms with van der Waals surface area (Å²) in [4.78, 5) is 50.4. The van der Waals surface area contributed by atoms with Gasteiger partial charge in [0.05, 0.1) is 6.04 Å². The summed E-state index contributed by atoms with van der Waals surface area (Å²) in [5.41, 5.74) is 1.34. The molecule has 0 radical (unpaired) electrons. The molecule has 206 valence electrons. The van der Waals surface area contributed by atoms with Crippen molar-refractivity contribution in [3.8, 4) is 0 Å². The molecule has 11 heteroatoms. The quantitative estimate of drug-likeness (QED) is 0.289.